The Hall–Kier alpha value is -5.84. The van der Waals surface area contributed by atoms with Gasteiger partial charge in [0.15, 0.2) is 5.84 Å². The highest BCUT2D eigenvalue weighted by Gasteiger charge is 2.48. The van der Waals surface area contributed by atoms with Crippen LogP contribution in [0.3, 0.4) is 0 Å². The number of aromatic amines is 1. The summed E-state index contributed by atoms with van der Waals surface area (Å²) in [5, 5.41) is 29.8. The number of carboxylic acid groups (broad SMARTS) is 1. The van der Waals surface area contributed by atoms with Crippen LogP contribution in [0.15, 0.2) is 93.6 Å². The number of amidine groups is 1. The van der Waals surface area contributed by atoms with Gasteiger partial charge in [0.05, 0.1) is 53.3 Å². The molecule has 0 spiro atoms. The van der Waals surface area contributed by atoms with Crippen LogP contribution >= 0.6 is 35.0 Å². The molecule has 18 heteroatoms. The van der Waals surface area contributed by atoms with Gasteiger partial charge in [-0.05, 0) is 73.2 Å². The number of hydrazone groups is 1. The molecule has 5 N–H and O–H groups in total. The summed E-state index contributed by atoms with van der Waals surface area (Å²) in [6.45, 7) is 6.88. The molecule has 0 aliphatic carbocycles. The first-order valence-corrected chi connectivity index (χ1v) is 20.6. The number of hydrogen-bond donors (Lipinski definition) is 5. The van der Waals surface area contributed by atoms with Crippen molar-refractivity contribution in [2.45, 2.75) is 57.9 Å². The molecule has 8 rings (SSSR count). The van der Waals surface area contributed by atoms with Gasteiger partial charge in [0.25, 0.3) is 0 Å². The molecule has 0 bridgehead atoms. The molecule has 4 atom stereocenters. The number of H-pyrrole nitrogens is 1. The number of amides is 2. The lowest BCUT2D eigenvalue weighted by molar-refractivity contribution is -0.122. The number of ether oxygens (including phenoxy) is 1. The fraction of sp³-hybridized carbons (Fsp3) is 0.293. The lowest BCUT2D eigenvalue weighted by atomic mass is 9.89. The maximum atomic E-state index is 13.5. The number of aromatic carboxylic acids is 1. The maximum Gasteiger partial charge on any atom is 0.337 e. The van der Waals surface area contributed by atoms with Gasteiger partial charge in [0, 0.05) is 27.7 Å². The third-order valence-corrected chi connectivity index (χ3v) is 12.5. The minimum atomic E-state index is -1.02. The summed E-state index contributed by atoms with van der Waals surface area (Å²) in [7, 11) is 0. The number of hydrogen-bond acceptors (Lipinski definition) is 11. The molecular formula is C41H40Cl2N10O5S. The molecular weight excluding hydrogens is 815 g/mol. The second kappa shape index (κ2) is 16.8. The molecule has 0 fully saturated rings. The SMILES string of the molecule is CC1=C(C)C2C(c3ccc(Cl)cc3)=NC(CC(=O)NCc3cn(CC(=O)NCCOc4ccc(-c5cc6c(C(=O)O)c[nH]c6cc5Cl)cc4)nn3)C3=NNC(C)N3C2S1. The summed E-state index contributed by atoms with van der Waals surface area (Å²) < 4.78 is 7.22. The Labute approximate surface area is 353 Å². The maximum absolute atomic E-state index is 13.5. The predicted molar refractivity (Wildman–Crippen MR) is 228 cm³/mol. The fourth-order valence-corrected chi connectivity index (χ4v) is 9.44. The number of carboxylic acids is 1. The van der Waals surface area contributed by atoms with Crippen molar-refractivity contribution in [3.05, 3.63) is 110 Å². The van der Waals surface area contributed by atoms with Crippen molar-refractivity contribution in [3.63, 3.8) is 0 Å². The minimum Gasteiger partial charge on any atom is -0.492 e. The van der Waals surface area contributed by atoms with Gasteiger partial charge < -0.3 is 30.4 Å². The number of rotatable bonds is 13. The summed E-state index contributed by atoms with van der Waals surface area (Å²) in [5.74, 6) is -0.200. The van der Waals surface area contributed by atoms with Gasteiger partial charge in [-0.15, -0.1) is 16.9 Å². The molecule has 4 unspecified atom stereocenters. The highest BCUT2D eigenvalue weighted by Crippen LogP contribution is 2.48. The van der Waals surface area contributed by atoms with E-state index < -0.39 is 12.0 Å². The summed E-state index contributed by atoms with van der Waals surface area (Å²) in [6.07, 6.45) is 3.07. The van der Waals surface area contributed by atoms with E-state index in [1.54, 1.807) is 42.2 Å². The van der Waals surface area contributed by atoms with Crippen molar-refractivity contribution < 1.29 is 24.2 Å². The van der Waals surface area contributed by atoms with Crippen molar-refractivity contribution in [1.82, 2.24) is 40.9 Å². The topological polar surface area (TPSA) is 191 Å². The van der Waals surface area contributed by atoms with Crippen molar-refractivity contribution in [1.29, 1.82) is 0 Å². The minimum absolute atomic E-state index is 0.0106. The summed E-state index contributed by atoms with van der Waals surface area (Å²) in [4.78, 5) is 49.4. The molecule has 0 saturated carbocycles. The molecule has 15 nitrogen and oxygen atoms in total. The van der Waals surface area contributed by atoms with Crippen LogP contribution in [0.25, 0.3) is 22.0 Å². The fourth-order valence-electron chi connectivity index (χ4n) is 7.49. The largest absolute Gasteiger partial charge is 0.492 e. The van der Waals surface area contributed by atoms with Gasteiger partial charge in [-0.25, -0.2) is 9.48 Å². The van der Waals surface area contributed by atoms with Crippen molar-refractivity contribution in [3.8, 4) is 16.9 Å². The lowest BCUT2D eigenvalue weighted by Gasteiger charge is -2.33. The molecule has 2 amide bonds. The van der Waals surface area contributed by atoms with Gasteiger partial charge in [0.2, 0.25) is 11.8 Å². The molecule has 5 heterocycles. The second-order valence-corrected chi connectivity index (χ2v) is 16.6. The first-order chi connectivity index (χ1) is 28.4. The average Bonchev–Trinajstić information content (AvgIpc) is 3.99. The smallest absolute Gasteiger partial charge is 0.337 e. The number of carbonyl (C=O) groups is 3. The number of fused-ring (bicyclic) bond motifs is 4. The van der Waals surface area contributed by atoms with E-state index in [4.69, 9.17) is 32.9 Å². The number of aromatic nitrogens is 4. The van der Waals surface area contributed by atoms with Gasteiger partial charge >= 0.3 is 5.97 Å². The van der Waals surface area contributed by atoms with Crippen molar-refractivity contribution in [2.75, 3.05) is 13.2 Å². The molecule has 59 heavy (non-hydrogen) atoms. The molecule has 5 aromatic rings. The van der Waals surface area contributed by atoms with Crippen molar-refractivity contribution >= 4 is 75.2 Å². The predicted octanol–water partition coefficient (Wildman–Crippen LogP) is 6.05. The number of carbonyl (C=O) groups excluding carboxylic acids is 2. The molecule has 3 aliphatic rings. The van der Waals surface area contributed by atoms with E-state index >= 15 is 0 Å². The van der Waals surface area contributed by atoms with E-state index in [9.17, 15) is 19.5 Å². The van der Waals surface area contributed by atoms with Crippen LogP contribution in [-0.4, -0.2) is 90.0 Å². The lowest BCUT2D eigenvalue weighted by Crippen LogP contribution is -2.48. The monoisotopic (exact) mass is 854 g/mol. The quantitative estimate of drug-likeness (QED) is 0.0872. The molecule has 3 aliphatic heterocycles. The third-order valence-electron chi connectivity index (χ3n) is 10.5. The Kier molecular flexibility index (Phi) is 11.4. The average molecular weight is 856 g/mol. The Morgan fingerprint density at radius 2 is 1.76 bits per heavy atom. The van der Waals surface area contributed by atoms with Crippen molar-refractivity contribution in [2.24, 2.45) is 16.0 Å². The number of aliphatic imine (C=N–C) groups is 1. The number of allylic oxidation sites excluding steroid dienone is 1. The van der Waals surface area contributed by atoms with Gasteiger partial charge in [-0.3, -0.25) is 20.0 Å². The van der Waals surface area contributed by atoms with E-state index in [0.717, 1.165) is 22.7 Å². The second-order valence-electron chi connectivity index (χ2n) is 14.4. The number of nitrogens with zero attached hydrogens (tertiary/aromatic N) is 6. The number of nitrogens with one attached hydrogen (secondary N) is 4. The zero-order valence-corrected chi connectivity index (χ0v) is 34.5. The van der Waals surface area contributed by atoms with E-state index in [-0.39, 0.29) is 67.5 Å². The number of benzene rings is 3. The third kappa shape index (κ3) is 8.38. The van der Waals surface area contributed by atoms with E-state index in [1.807, 2.05) is 36.4 Å². The van der Waals surface area contributed by atoms with Crippen LogP contribution < -0.4 is 20.8 Å². The van der Waals surface area contributed by atoms with Crippen LogP contribution in [-0.2, 0) is 22.7 Å². The van der Waals surface area contributed by atoms with Crippen LogP contribution in [0.4, 0.5) is 0 Å². The molecule has 3 aromatic carbocycles. The Bertz CT molecular complexity index is 2530. The van der Waals surface area contributed by atoms with Crippen LogP contribution in [0.5, 0.6) is 5.75 Å². The van der Waals surface area contributed by atoms with Crippen LogP contribution in [0, 0.1) is 5.92 Å². The van der Waals surface area contributed by atoms with E-state index in [0.29, 0.717) is 38.0 Å². The number of thioether (sulfide) groups is 1. The standard InChI is InChI=1S/C41H40Cl2N10O5S/c1-21-22(2)59-40-37(21)38(25-4-8-26(42)9-5-25)47-34(39-50-48-23(3)53(39)40)16-35(54)46-17-27-19-52(51-49-27)20-36(55)44-12-13-58-28-10-6-24(7-11-28)29-14-30-31(41(56)57)18-45-33(30)15-32(29)43/h4-11,14-15,18-19,23,34,37,40,45,48H,12-13,16-17,20H2,1-3H3,(H,44,55)(H,46,54)(H,56,57). The van der Waals surface area contributed by atoms with Gasteiger partial charge in [-0.2, -0.15) is 5.10 Å². The van der Waals surface area contributed by atoms with Gasteiger partial charge in [-0.1, -0.05) is 58.3 Å². The zero-order chi connectivity index (χ0) is 41.4. The summed E-state index contributed by atoms with van der Waals surface area (Å²) >= 11 is 14.5. The Balaban J connectivity index is 0.825. The van der Waals surface area contributed by atoms with E-state index in [2.05, 4.69) is 62.1 Å². The Morgan fingerprint density at radius 1 is 1.00 bits per heavy atom. The first kappa shape index (κ1) is 40.0. The van der Waals surface area contributed by atoms with Crippen LogP contribution in [0.2, 0.25) is 10.0 Å². The van der Waals surface area contributed by atoms with Gasteiger partial charge in [0.1, 0.15) is 36.8 Å². The molecule has 0 radical (unpaired) electrons. The van der Waals surface area contributed by atoms with E-state index in [1.165, 1.54) is 21.4 Å². The molecule has 0 saturated heterocycles. The first-order valence-electron chi connectivity index (χ1n) is 18.9. The normalized spacial score (nSPS) is 19.7. The number of halogens is 2. The Morgan fingerprint density at radius 3 is 2.53 bits per heavy atom. The summed E-state index contributed by atoms with van der Waals surface area (Å²) in [5.41, 5.74) is 9.11. The summed E-state index contributed by atoms with van der Waals surface area (Å²) in [6, 6.07) is 17.8. The van der Waals surface area contributed by atoms with Crippen LogP contribution in [0.1, 0.15) is 48.8 Å². The molecule has 2 aromatic heterocycles. The molecule has 304 valence electrons. The highest BCUT2D eigenvalue weighted by atomic mass is 35.5. The zero-order valence-electron chi connectivity index (χ0n) is 32.2. The highest BCUT2D eigenvalue weighted by molar-refractivity contribution is 8.03.